The summed E-state index contributed by atoms with van der Waals surface area (Å²) in [5.74, 6) is 1.73. The predicted octanol–water partition coefficient (Wildman–Crippen LogP) is 3.45. The Morgan fingerprint density at radius 3 is 2.55 bits per heavy atom. The number of aromatic nitrogens is 1. The van der Waals surface area contributed by atoms with Gasteiger partial charge >= 0.3 is 0 Å². The highest BCUT2D eigenvalue weighted by Gasteiger charge is 2.19. The van der Waals surface area contributed by atoms with Crippen LogP contribution in [0.2, 0.25) is 0 Å². The van der Waals surface area contributed by atoms with Crippen molar-refractivity contribution in [2.75, 3.05) is 17.7 Å². The lowest BCUT2D eigenvalue weighted by molar-refractivity contribution is 0.410. The molecule has 0 fully saturated rings. The molecule has 4 nitrogen and oxygen atoms in total. The molecule has 3 rings (SSSR count). The van der Waals surface area contributed by atoms with Crippen LogP contribution in [0.15, 0.2) is 36.5 Å². The molecule has 0 amide bonds. The predicted molar refractivity (Wildman–Crippen MR) is 84.3 cm³/mol. The van der Waals surface area contributed by atoms with E-state index in [0.717, 1.165) is 34.1 Å². The molecule has 2 N–H and O–H groups in total. The second kappa shape index (κ2) is 5.63. The van der Waals surface area contributed by atoms with Gasteiger partial charge in [0.2, 0.25) is 0 Å². The first-order valence-corrected chi connectivity index (χ1v) is 7.55. The molecule has 20 heavy (non-hydrogen) atoms. The van der Waals surface area contributed by atoms with Crippen LogP contribution in [0.25, 0.3) is 0 Å². The Kier molecular flexibility index (Phi) is 3.69. The van der Waals surface area contributed by atoms with Crippen LogP contribution in [0.1, 0.15) is 11.3 Å². The molecule has 0 spiro atoms. The van der Waals surface area contributed by atoms with E-state index < -0.39 is 0 Å². The second-order valence-electron chi connectivity index (χ2n) is 4.61. The third-order valence-corrected chi connectivity index (χ3v) is 4.37. The van der Waals surface area contributed by atoms with Crippen molar-refractivity contribution < 1.29 is 4.74 Å². The van der Waals surface area contributed by atoms with Crippen LogP contribution in [0, 0.1) is 6.92 Å². The quantitative estimate of drug-likeness (QED) is 0.902. The average Bonchev–Trinajstić information content (AvgIpc) is 2.89. The van der Waals surface area contributed by atoms with Crippen molar-refractivity contribution >= 4 is 23.1 Å². The highest BCUT2D eigenvalue weighted by atomic mass is 32.2. The number of nitrogens with zero attached hydrogens (tertiary/aromatic N) is 1. The molecule has 1 aliphatic heterocycles. The molecule has 1 aromatic carbocycles. The van der Waals surface area contributed by atoms with Gasteiger partial charge in [0, 0.05) is 17.5 Å². The zero-order valence-corrected chi connectivity index (χ0v) is 12.3. The van der Waals surface area contributed by atoms with Crippen molar-refractivity contribution in [1.82, 2.24) is 4.98 Å². The molecule has 2 heterocycles. The molecule has 5 heteroatoms. The number of anilines is 2. The third-order valence-electron chi connectivity index (χ3n) is 3.37. The number of hydrogen-bond acceptors (Lipinski definition) is 5. The highest BCUT2D eigenvalue weighted by Crippen LogP contribution is 2.33. The summed E-state index contributed by atoms with van der Waals surface area (Å²) >= 11 is 1.79. The molecule has 0 radical (unpaired) electrons. The SMILES string of the molecule is COc1ccnc(CSC2Nc3ccccc3N2)c1C. The van der Waals surface area contributed by atoms with E-state index in [9.17, 15) is 0 Å². The second-order valence-corrected chi connectivity index (χ2v) is 5.70. The van der Waals surface area contributed by atoms with Gasteiger partial charge in [-0.1, -0.05) is 12.1 Å². The number of rotatable bonds is 4. The van der Waals surface area contributed by atoms with Gasteiger partial charge in [0.05, 0.1) is 24.2 Å². The van der Waals surface area contributed by atoms with Gasteiger partial charge in [-0.25, -0.2) is 0 Å². The monoisotopic (exact) mass is 287 g/mol. The summed E-state index contributed by atoms with van der Waals surface area (Å²) in [5.41, 5.74) is 4.66. The van der Waals surface area contributed by atoms with Crippen LogP contribution in [0.5, 0.6) is 5.75 Å². The molecule has 0 unspecified atom stereocenters. The zero-order valence-electron chi connectivity index (χ0n) is 11.5. The van der Waals surface area contributed by atoms with Crippen LogP contribution in [-0.2, 0) is 5.75 Å². The minimum absolute atomic E-state index is 0.180. The number of methoxy groups -OCH3 is 1. The van der Waals surface area contributed by atoms with Crippen LogP contribution in [0.4, 0.5) is 11.4 Å². The smallest absolute Gasteiger partial charge is 0.146 e. The van der Waals surface area contributed by atoms with Gasteiger partial charge in [0.15, 0.2) is 0 Å². The number of benzene rings is 1. The van der Waals surface area contributed by atoms with Gasteiger partial charge < -0.3 is 15.4 Å². The first-order valence-electron chi connectivity index (χ1n) is 6.50. The summed E-state index contributed by atoms with van der Waals surface area (Å²) in [6.45, 7) is 2.05. The molecule has 104 valence electrons. The summed E-state index contributed by atoms with van der Waals surface area (Å²) in [7, 11) is 1.69. The van der Waals surface area contributed by atoms with Crippen molar-refractivity contribution in [2.24, 2.45) is 0 Å². The van der Waals surface area contributed by atoms with Crippen LogP contribution >= 0.6 is 11.8 Å². The first kappa shape index (κ1) is 13.1. The number of pyridine rings is 1. The fraction of sp³-hybridized carbons (Fsp3) is 0.267. The minimum atomic E-state index is 0.180. The van der Waals surface area contributed by atoms with E-state index in [2.05, 4.69) is 27.8 Å². The van der Waals surface area contributed by atoms with Gasteiger partial charge in [-0.15, -0.1) is 11.8 Å². The molecule has 2 aromatic rings. The van der Waals surface area contributed by atoms with E-state index >= 15 is 0 Å². The van der Waals surface area contributed by atoms with Crippen molar-refractivity contribution in [3.63, 3.8) is 0 Å². The Hall–Kier alpha value is -1.88. The molecule has 1 aliphatic rings. The molecule has 0 aliphatic carbocycles. The average molecular weight is 287 g/mol. The van der Waals surface area contributed by atoms with Gasteiger partial charge in [-0.05, 0) is 25.1 Å². The molecule has 0 saturated carbocycles. The fourth-order valence-electron chi connectivity index (χ4n) is 2.22. The summed E-state index contributed by atoms with van der Waals surface area (Å²) in [6, 6.07) is 10.1. The largest absolute Gasteiger partial charge is 0.496 e. The Balaban J connectivity index is 1.64. The number of hydrogen-bond donors (Lipinski definition) is 2. The Labute approximate surface area is 122 Å². The maximum absolute atomic E-state index is 5.33. The Morgan fingerprint density at radius 2 is 1.90 bits per heavy atom. The lowest BCUT2D eigenvalue weighted by Gasteiger charge is -2.13. The van der Waals surface area contributed by atoms with Crippen molar-refractivity contribution in [3.05, 3.63) is 47.8 Å². The van der Waals surface area contributed by atoms with E-state index in [0.29, 0.717) is 0 Å². The summed E-state index contributed by atoms with van der Waals surface area (Å²) in [6.07, 6.45) is 1.80. The molecular formula is C15H17N3OS. The minimum Gasteiger partial charge on any atom is -0.496 e. The van der Waals surface area contributed by atoms with Crippen molar-refractivity contribution in [2.45, 2.75) is 18.2 Å². The van der Waals surface area contributed by atoms with E-state index in [1.165, 1.54) is 0 Å². The maximum Gasteiger partial charge on any atom is 0.146 e. The van der Waals surface area contributed by atoms with Gasteiger partial charge in [-0.2, -0.15) is 0 Å². The summed E-state index contributed by atoms with van der Waals surface area (Å²) in [4.78, 5) is 4.44. The Bertz CT molecular complexity index is 593. The topological polar surface area (TPSA) is 46.2 Å². The fourth-order valence-corrected chi connectivity index (χ4v) is 3.26. The van der Waals surface area contributed by atoms with E-state index in [-0.39, 0.29) is 5.50 Å². The summed E-state index contributed by atoms with van der Waals surface area (Å²) in [5, 5.41) is 6.89. The number of para-hydroxylation sites is 2. The molecule has 0 saturated heterocycles. The third kappa shape index (κ3) is 2.54. The highest BCUT2D eigenvalue weighted by molar-refractivity contribution is 7.99. The lowest BCUT2D eigenvalue weighted by Crippen LogP contribution is -2.17. The van der Waals surface area contributed by atoms with Crippen LogP contribution in [-0.4, -0.2) is 17.6 Å². The van der Waals surface area contributed by atoms with Crippen molar-refractivity contribution in [1.29, 1.82) is 0 Å². The zero-order chi connectivity index (χ0) is 13.9. The molecule has 1 aromatic heterocycles. The number of fused-ring (bicyclic) bond motifs is 1. The van der Waals surface area contributed by atoms with E-state index in [1.54, 1.807) is 25.1 Å². The van der Waals surface area contributed by atoms with Crippen molar-refractivity contribution in [3.8, 4) is 5.75 Å². The van der Waals surface area contributed by atoms with E-state index in [1.807, 2.05) is 25.1 Å². The number of ether oxygens (including phenoxy) is 1. The lowest BCUT2D eigenvalue weighted by atomic mass is 10.2. The van der Waals surface area contributed by atoms with Crippen LogP contribution < -0.4 is 15.4 Å². The maximum atomic E-state index is 5.33. The van der Waals surface area contributed by atoms with Crippen LogP contribution in [0.3, 0.4) is 0 Å². The normalized spacial score (nSPS) is 13.5. The molecular weight excluding hydrogens is 270 g/mol. The first-order chi connectivity index (χ1) is 9.78. The van der Waals surface area contributed by atoms with E-state index in [4.69, 9.17) is 4.74 Å². The molecule has 0 bridgehead atoms. The Morgan fingerprint density at radius 1 is 1.20 bits per heavy atom. The number of thioether (sulfide) groups is 1. The molecule has 0 atom stereocenters. The van der Waals surface area contributed by atoms with Gasteiger partial charge in [0.1, 0.15) is 11.2 Å². The number of nitrogens with one attached hydrogen (secondary N) is 2. The van der Waals surface area contributed by atoms with Gasteiger partial charge in [0.25, 0.3) is 0 Å². The summed E-state index contributed by atoms with van der Waals surface area (Å²) < 4.78 is 5.33. The standard InChI is InChI=1S/C15H17N3OS/c1-10-13(16-8-7-14(10)19-2)9-20-15-17-11-5-3-4-6-12(11)18-15/h3-8,15,17-18H,9H2,1-2H3. The van der Waals surface area contributed by atoms with Gasteiger partial charge in [-0.3, -0.25) is 4.98 Å².